The number of likely N-dealkylation sites (tertiary alicyclic amines) is 1. The fourth-order valence-corrected chi connectivity index (χ4v) is 5.30. The molecule has 4 rings (SSSR count). The summed E-state index contributed by atoms with van der Waals surface area (Å²) in [4.78, 5) is 41.8. The summed E-state index contributed by atoms with van der Waals surface area (Å²) in [7, 11) is 0. The molecule has 0 spiro atoms. The lowest BCUT2D eigenvalue weighted by atomic mass is 9.84. The van der Waals surface area contributed by atoms with Crippen molar-refractivity contribution in [1.82, 2.24) is 9.80 Å². The highest BCUT2D eigenvalue weighted by Gasteiger charge is 2.51. The van der Waals surface area contributed by atoms with Crippen LogP contribution in [0.2, 0.25) is 5.02 Å². The van der Waals surface area contributed by atoms with Crippen molar-refractivity contribution in [2.75, 3.05) is 19.3 Å². The first-order valence-electron chi connectivity index (χ1n) is 11.3. The van der Waals surface area contributed by atoms with Crippen LogP contribution < -0.4 is 5.73 Å². The molecule has 0 radical (unpaired) electrons. The summed E-state index contributed by atoms with van der Waals surface area (Å²) in [5.74, 6) is -0.649. The number of rotatable bonds is 8. The van der Waals surface area contributed by atoms with E-state index in [4.69, 9.17) is 17.3 Å². The van der Waals surface area contributed by atoms with Gasteiger partial charge in [-0.05, 0) is 49.8 Å². The zero-order valence-corrected chi connectivity index (χ0v) is 22.3. The van der Waals surface area contributed by atoms with Crippen LogP contribution in [-0.2, 0) is 16.1 Å². The molecule has 0 aliphatic carbocycles. The molecule has 1 unspecified atom stereocenters. The Morgan fingerprint density at radius 2 is 1.83 bits per heavy atom. The third kappa shape index (κ3) is 6.00. The van der Waals surface area contributed by atoms with Crippen LogP contribution in [0, 0.1) is 0 Å². The first-order chi connectivity index (χ1) is 16.8. The molecule has 2 heterocycles. The number of primary amides is 1. The molecule has 0 saturated carbocycles. The maximum Gasteiger partial charge on any atom is 0.256 e. The molecule has 9 heteroatoms. The molecule has 1 saturated heterocycles. The summed E-state index contributed by atoms with van der Waals surface area (Å²) >= 11 is 11.1. The number of fused-ring (bicyclic) bond motifs is 1. The van der Waals surface area contributed by atoms with E-state index < -0.39 is 11.4 Å². The Morgan fingerprint density at radius 3 is 2.46 bits per heavy atom. The Bertz CT molecular complexity index is 1200. The van der Waals surface area contributed by atoms with Crippen molar-refractivity contribution >= 4 is 63.4 Å². The van der Waals surface area contributed by atoms with Crippen LogP contribution in [0.4, 0.5) is 0 Å². The summed E-state index contributed by atoms with van der Waals surface area (Å²) in [6, 6.07) is 15.1. The van der Waals surface area contributed by atoms with Gasteiger partial charge in [0.15, 0.2) is 0 Å². The minimum absolute atomic E-state index is 0.124. The Kier molecular flexibility index (Phi) is 9.21. The fourth-order valence-electron chi connectivity index (χ4n) is 4.24. The topological polar surface area (TPSA) is 83.7 Å². The van der Waals surface area contributed by atoms with Crippen molar-refractivity contribution < 1.29 is 14.4 Å². The average molecular weight is 532 g/mol. The molecule has 3 amide bonds. The van der Waals surface area contributed by atoms with E-state index in [0.29, 0.717) is 43.1 Å². The first-order valence-corrected chi connectivity index (χ1v) is 13.5. The minimum atomic E-state index is -0.931. The Morgan fingerprint density at radius 1 is 1.14 bits per heavy atom. The number of hydrogen-bond donors (Lipinski definition) is 2. The van der Waals surface area contributed by atoms with Gasteiger partial charge in [-0.3, -0.25) is 14.4 Å². The summed E-state index contributed by atoms with van der Waals surface area (Å²) in [6.07, 6.45) is 2.95. The van der Waals surface area contributed by atoms with E-state index in [0.717, 1.165) is 15.6 Å². The number of hydrogen-bond acceptors (Lipinski definition) is 5. The molecule has 1 fully saturated rings. The summed E-state index contributed by atoms with van der Waals surface area (Å²) in [5, 5.41) is 3.40. The number of amides is 3. The number of thiophene rings is 1. The van der Waals surface area contributed by atoms with Gasteiger partial charge in [-0.1, -0.05) is 41.9 Å². The monoisotopic (exact) mass is 531 g/mol. The Labute approximate surface area is 220 Å². The van der Waals surface area contributed by atoms with Crippen LogP contribution in [0.1, 0.15) is 42.1 Å². The summed E-state index contributed by atoms with van der Waals surface area (Å²) in [6.45, 7) is 3.10. The molecule has 0 bridgehead atoms. The molecule has 1 aliphatic rings. The molecule has 3 aromatic rings. The van der Waals surface area contributed by atoms with E-state index in [1.165, 1.54) is 11.3 Å². The van der Waals surface area contributed by atoms with Gasteiger partial charge in [0.05, 0.1) is 5.56 Å². The van der Waals surface area contributed by atoms with Gasteiger partial charge >= 0.3 is 0 Å². The lowest BCUT2D eigenvalue weighted by Gasteiger charge is -2.51. The van der Waals surface area contributed by atoms with E-state index in [1.807, 2.05) is 48.7 Å². The van der Waals surface area contributed by atoms with Crippen molar-refractivity contribution in [3.05, 3.63) is 70.1 Å². The van der Waals surface area contributed by atoms with Gasteiger partial charge in [0.25, 0.3) is 5.91 Å². The SMILES string of the molecule is CC1(C(=O)N(CCCC(N)=O)Cc2ccc(Cl)cc2)CCN1C(=O)c1csc2ccccc12.CS. The normalized spacial score (nSPS) is 16.7. The molecular weight excluding hydrogens is 502 g/mol. The van der Waals surface area contributed by atoms with Crippen molar-refractivity contribution in [3.63, 3.8) is 0 Å². The van der Waals surface area contributed by atoms with Crippen LogP contribution in [0.15, 0.2) is 53.9 Å². The van der Waals surface area contributed by atoms with Crippen LogP contribution >= 0.6 is 35.6 Å². The lowest BCUT2D eigenvalue weighted by Crippen LogP contribution is -2.67. The predicted octanol–water partition coefficient (Wildman–Crippen LogP) is 5.00. The van der Waals surface area contributed by atoms with Gasteiger partial charge in [-0.15, -0.1) is 11.3 Å². The van der Waals surface area contributed by atoms with Crippen LogP contribution in [-0.4, -0.2) is 52.4 Å². The fraction of sp³-hybridized carbons (Fsp3) is 0.346. The highest BCUT2D eigenvalue weighted by molar-refractivity contribution is 7.79. The maximum absolute atomic E-state index is 13.7. The van der Waals surface area contributed by atoms with Crippen LogP contribution in [0.5, 0.6) is 0 Å². The smallest absolute Gasteiger partial charge is 0.256 e. The average Bonchev–Trinajstić information content (AvgIpc) is 3.28. The second-order valence-corrected chi connectivity index (χ2v) is 9.90. The molecule has 35 heavy (non-hydrogen) atoms. The Balaban J connectivity index is 0.00000167. The minimum Gasteiger partial charge on any atom is -0.370 e. The van der Waals surface area contributed by atoms with E-state index >= 15 is 0 Å². The predicted molar refractivity (Wildman–Crippen MR) is 146 cm³/mol. The van der Waals surface area contributed by atoms with Crippen LogP contribution in [0.25, 0.3) is 10.1 Å². The second kappa shape index (κ2) is 11.9. The van der Waals surface area contributed by atoms with E-state index in [2.05, 4.69) is 12.6 Å². The summed E-state index contributed by atoms with van der Waals surface area (Å²) in [5.41, 5.74) is 5.93. The number of carbonyl (C=O) groups excluding carboxylic acids is 3. The van der Waals surface area contributed by atoms with Crippen molar-refractivity contribution in [1.29, 1.82) is 0 Å². The van der Waals surface area contributed by atoms with E-state index in [9.17, 15) is 14.4 Å². The molecular formula is C26H30ClN3O3S2. The maximum atomic E-state index is 13.7. The lowest BCUT2D eigenvalue weighted by molar-refractivity contribution is -0.149. The zero-order valence-electron chi connectivity index (χ0n) is 19.9. The summed E-state index contributed by atoms with van der Waals surface area (Å²) < 4.78 is 1.05. The van der Waals surface area contributed by atoms with Gasteiger partial charge in [0.2, 0.25) is 11.8 Å². The van der Waals surface area contributed by atoms with Gasteiger partial charge in [-0.2, -0.15) is 12.6 Å². The van der Waals surface area contributed by atoms with Crippen molar-refractivity contribution in [2.45, 2.75) is 38.3 Å². The van der Waals surface area contributed by atoms with Gasteiger partial charge in [0, 0.05) is 46.5 Å². The van der Waals surface area contributed by atoms with Gasteiger partial charge < -0.3 is 15.5 Å². The largest absolute Gasteiger partial charge is 0.370 e. The quantitative estimate of drug-likeness (QED) is 0.401. The van der Waals surface area contributed by atoms with E-state index in [-0.39, 0.29) is 18.2 Å². The molecule has 1 aromatic heterocycles. The molecule has 1 aliphatic heterocycles. The molecule has 6 nitrogen and oxygen atoms in total. The third-order valence-electron chi connectivity index (χ3n) is 6.26. The number of nitrogens with zero attached hydrogens (tertiary/aromatic N) is 2. The van der Waals surface area contributed by atoms with Crippen molar-refractivity contribution in [2.24, 2.45) is 5.73 Å². The van der Waals surface area contributed by atoms with Crippen molar-refractivity contribution in [3.8, 4) is 0 Å². The van der Waals surface area contributed by atoms with Gasteiger partial charge in [-0.25, -0.2) is 0 Å². The molecule has 1 atom stereocenters. The molecule has 186 valence electrons. The second-order valence-electron chi connectivity index (χ2n) is 8.55. The number of nitrogens with two attached hydrogens (primary N) is 1. The Hall–Kier alpha value is -2.55. The number of carbonyl (C=O) groups is 3. The van der Waals surface area contributed by atoms with Gasteiger partial charge in [0.1, 0.15) is 5.54 Å². The molecule has 2 aromatic carbocycles. The third-order valence-corrected chi connectivity index (χ3v) is 7.48. The van der Waals surface area contributed by atoms with Crippen LogP contribution in [0.3, 0.4) is 0 Å². The van der Waals surface area contributed by atoms with E-state index in [1.54, 1.807) is 28.2 Å². The highest BCUT2D eigenvalue weighted by Crippen LogP contribution is 2.36. The number of thiol groups is 1. The molecule has 2 N–H and O–H groups in total. The first kappa shape index (κ1) is 27.0. The number of benzene rings is 2. The number of halogens is 1. The standard InChI is InChI=1S/C25H26ClN3O3S.CH4S/c1-25(12-14-29(25)23(31)20-16-33-21-6-3-2-5-19(20)21)24(32)28(13-4-7-22(27)30)15-17-8-10-18(26)11-9-17;1-2/h2-3,5-6,8-11,16H,4,7,12-15H2,1H3,(H2,27,30);2H,1H3. The zero-order chi connectivity index (χ0) is 25.6. The highest BCUT2D eigenvalue weighted by atomic mass is 35.5.